The van der Waals surface area contributed by atoms with Gasteiger partial charge in [-0.05, 0) is 67.1 Å². The SMILES string of the molecule is NC1CCC(Nc2cc(-c3ccnc(NCc4cccc(O)c4)c3)c(Cl)cn2)CC1. The first-order valence-electron chi connectivity index (χ1n) is 10.2. The Morgan fingerprint density at radius 3 is 2.67 bits per heavy atom. The van der Waals surface area contributed by atoms with Crippen molar-refractivity contribution in [1.82, 2.24) is 9.97 Å². The zero-order valence-electron chi connectivity index (χ0n) is 16.7. The molecule has 1 aliphatic rings. The van der Waals surface area contributed by atoms with Gasteiger partial charge in [0.1, 0.15) is 17.4 Å². The number of hydrogen-bond donors (Lipinski definition) is 4. The van der Waals surface area contributed by atoms with Crippen LogP contribution in [-0.2, 0) is 6.54 Å². The van der Waals surface area contributed by atoms with Crippen LogP contribution in [0.15, 0.2) is 54.9 Å². The molecule has 1 saturated carbocycles. The van der Waals surface area contributed by atoms with E-state index in [1.807, 2.05) is 30.3 Å². The lowest BCUT2D eigenvalue weighted by molar-refractivity contribution is 0.410. The van der Waals surface area contributed by atoms with Crippen LogP contribution >= 0.6 is 11.6 Å². The van der Waals surface area contributed by atoms with Crippen LogP contribution in [0.3, 0.4) is 0 Å². The topological polar surface area (TPSA) is 96.1 Å². The van der Waals surface area contributed by atoms with Gasteiger partial charge in [0.25, 0.3) is 0 Å². The van der Waals surface area contributed by atoms with Crippen LogP contribution in [0.4, 0.5) is 11.6 Å². The van der Waals surface area contributed by atoms with E-state index in [1.54, 1.807) is 24.5 Å². The van der Waals surface area contributed by atoms with Crippen molar-refractivity contribution in [3.8, 4) is 16.9 Å². The highest BCUT2D eigenvalue weighted by molar-refractivity contribution is 6.33. The number of nitrogens with one attached hydrogen (secondary N) is 2. The van der Waals surface area contributed by atoms with Gasteiger partial charge in [0.05, 0.1) is 5.02 Å². The molecule has 1 aromatic carbocycles. The lowest BCUT2D eigenvalue weighted by Crippen LogP contribution is -2.33. The number of benzene rings is 1. The number of anilines is 2. The van der Waals surface area contributed by atoms with Gasteiger partial charge in [-0.25, -0.2) is 9.97 Å². The molecule has 0 bridgehead atoms. The maximum absolute atomic E-state index is 9.61. The van der Waals surface area contributed by atoms with E-state index in [0.29, 0.717) is 23.7 Å². The Kier molecular flexibility index (Phi) is 6.35. The third-order valence-corrected chi connectivity index (χ3v) is 5.74. The molecule has 156 valence electrons. The second kappa shape index (κ2) is 9.32. The van der Waals surface area contributed by atoms with Crippen LogP contribution in [0.5, 0.6) is 5.75 Å². The molecule has 6 nitrogen and oxygen atoms in total. The summed E-state index contributed by atoms with van der Waals surface area (Å²) >= 11 is 6.46. The third kappa shape index (κ3) is 5.20. The summed E-state index contributed by atoms with van der Waals surface area (Å²) in [5, 5.41) is 17.0. The van der Waals surface area contributed by atoms with Crippen LogP contribution in [-0.4, -0.2) is 27.2 Å². The number of rotatable bonds is 6. The van der Waals surface area contributed by atoms with Gasteiger partial charge in [0.15, 0.2) is 0 Å². The maximum atomic E-state index is 9.61. The van der Waals surface area contributed by atoms with E-state index in [1.165, 1.54) is 0 Å². The molecule has 0 amide bonds. The Bertz CT molecular complexity index is 1000. The highest BCUT2D eigenvalue weighted by Gasteiger charge is 2.19. The van der Waals surface area contributed by atoms with Gasteiger partial charge in [0, 0.05) is 36.6 Å². The molecule has 0 radical (unpaired) electrons. The zero-order valence-corrected chi connectivity index (χ0v) is 17.4. The van der Waals surface area contributed by atoms with E-state index in [-0.39, 0.29) is 5.75 Å². The molecule has 7 heteroatoms. The average molecular weight is 424 g/mol. The van der Waals surface area contributed by atoms with Gasteiger partial charge >= 0.3 is 0 Å². The van der Waals surface area contributed by atoms with Crippen molar-refractivity contribution in [3.63, 3.8) is 0 Å². The Hall–Kier alpha value is -2.83. The van der Waals surface area contributed by atoms with Gasteiger partial charge < -0.3 is 21.5 Å². The van der Waals surface area contributed by atoms with Crippen LogP contribution < -0.4 is 16.4 Å². The van der Waals surface area contributed by atoms with E-state index in [0.717, 1.165) is 54.0 Å². The Balaban J connectivity index is 1.48. The van der Waals surface area contributed by atoms with Crippen molar-refractivity contribution in [2.24, 2.45) is 5.73 Å². The first kappa shape index (κ1) is 20.4. The number of nitrogens with two attached hydrogens (primary N) is 1. The molecular weight excluding hydrogens is 398 g/mol. The summed E-state index contributed by atoms with van der Waals surface area (Å²) in [5.41, 5.74) is 8.85. The van der Waals surface area contributed by atoms with Gasteiger partial charge in [0.2, 0.25) is 0 Å². The summed E-state index contributed by atoms with van der Waals surface area (Å²) in [6.45, 7) is 0.561. The minimum absolute atomic E-state index is 0.250. The molecule has 0 unspecified atom stereocenters. The summed E-state index contributed by atoms with van der Waals surface area (Å²) < 4.78 is 0. The minimum Gasteiger partial charge on any atom is -0.508 e. The fraction of sp³-hybridized carbons (Fsp3) is 0.304. The standard InChI is InChI=1S/C23H26ClN5O/c24-21-14-28-23(29-18-6-4-17(25)5-7-18)12-20(21)16-8-9-26-22(11-16)27-13-15-2-1-3-19(30)10-15/h1-3,8-12,14,17-18,30H,4-7,13,25H2,(H,26,27)(H,28,29). The van der Waals surface area contributed by atoms with Gasteiger partial charge in [-0.15, -0.1) is 0 Å². The number of halogens is 1. The fourth-order valence-corrected chi connectivity index (χ4v) is 3.98. The van der Waals surface area contributed by atoms with Crippen LogP contribution in [0.25, 0.3) is 11.1 Å². The lowest BCUT2D eigenvalue weighted by Gasteiger charge is -2.27. The Labute approximate surface area is 181 Å². The van der Waals surface area contributed by atoms with E-state index < -0.39 is 0 Å². The summed E-state index contributed by atoms with van der Waals surface area (Å²) in [7, 11) is 0. The van der Waals surface area contributed by atoms with E-state index >= 15 is 0 Å². The second-order valence-electron chi connectivity index (χ2n) is 7.76. The number of phenolic OH excluding ortho intramolecular Hbond substituents is 1. The predicted octanol–water partition coefficient (Wildman–Crippen LogP) is 4.80. The second-order valence-corrected chi connectivity index (χ2v) is 8.17. The largest absolute Gasteiger partial charge is 0.508 e. The van der Waals surface area contributed by atoms with Crippen molar-refractivity contribution >= 4 is 23.2 Å². The minimum atomic E-state index is 0.250. The number of nitrogens with zero attached hydrogens (tertiary/aromatic N) is 2. The lowest BCUT2D eigenvalue weighted by atomic mass is 9.92. The predicted molar refractivity (Wildman–Crippen MR) is 122 cm³/mol. The summed E-state index contributed by atoms with van der Waals surface area (Å²) in [4.78, 5) is 8.85. The molecule has 5 N–H and O–H groups in total. The van der Waals surface area contributed by atoms with Crippen molar-refractivity contribution in [2.75, 3.05) is 10.6 Å². The molecule has 0 saturated heterocycles. The summed E-state index contributed by atoms with van der Waals surface area (Å²) in [6.07, 6.45) is 7.63. The number of hydrogen-bond acceptors (Lipinski definition) is 6. The molecule has 4 rings (SSSR count). The quantitative estimate of drug-likeness (QED) is 0.455. The third-order valence-electron chi connectivity index (χ3n) is 5.43. The number of pyridine rings is 2. The molecular formula is C23H26ClN5O. The molecule has 3 aromatic rings. The molecule has 2 heterocycles. The number of phenols is 1. The molecule has 1 aliphatic carbocycles. The van der Waals surface area contributed by atoms with Gasteiger partial charge in [-0.2, -0.15) is 0 Å². The van der Waals surface area contributed by atoms with E-state index in [4.69, 9.17) is 17.3 Å². The van der Waals surface area contributed by atoms with Crippen molar-refractivity contribution < 1.29 is 5.11 Å². The fourth-order valence-electron chi connectivity index (χ4n) is 3.77. The highest BCUT2D eigenvalue weighted by atomic mass is 35.5. The smallest absolute Gasteiger partial charge is 0.126 e. The van der Waals surface area contributed by atoms with Gasteiger partial charge in [-0.1, -0.05) is 23.7 Å². The van der Waals surface area contributed by atoms with Crippen molar-refractivity contribution in [1.29, 1.82) is 0 Å². The molecule has 1 fully saturated rings. The first-order chi connectivity index (χ1) is 14.6. The Morgan fingerprint density at radius 2 is 1.87 bits per heavy atom. The average Bonchev–Trinajstić information content (AvgIpc) is 2.75. The highest BCUT2D eigenvalue weighted by Crippen LogP contribution is 2.31. The van der Waals surface area contributed by atoms with Crippen LogP contribution in [0.2, 0.25) is 5.02 Å². The normalized spacial score (nSPS) is 18.7. The molecule has 0 atom stereocenters. The monoisotopic (exact) mass is 423 g/mol. The molecule has 0 aliphatic heterocycles. The van der Waals surface area contributed by atoms with Crippen LogP contribution in [0.1, 0.15) is 31.2 Å². The molecule has 2 aromatic heterocycles. The van der Waals surface area contributed by atoms with Crippen molar-refractivity contribution in [2.45, 2.75) is 44.3 Å². The van der Waals surface area contributed by atoms with E-state index in [2.05, 4.69) is 20.6 Å². The zero-order chi connectivity index (χ0) is 20.9. The Morgan fingerprint density at radius 1 is 1.03 bits per heavy atom. The maximum Gasteiger partial charge on any atom is 0.126 e. The number of aromatic nitrogens is 2. The first-order valence-corrected chi connectivity index (χ1v) is 10.6. The summed E-state index contributed by atoms with van der Waals surface area (Å²) in [6, 6.07) is 13.8. The van der Waals surface area contributed by atoms with Crippen molar-refractivity contribution in [3.05, 3.63) is 65.4 Å². The number of aromatic hydroxyl groups is 1. The van der Waals surface area contributed by atoms with Crippen LogP contribution in [0, 0.1) is 0 Å². The van der Waals surface area contributed by atoms with Gasteiger partial charge in [-0.3, -0.25) is 0 Å². The molecule has 30 heavy (non-hydrogen) atoms. The molecule has 0 spiro atoms. The summed E-state index contributed by atoms with van der Waals surface area (Å²) in [5.74, 6) is 1.81. The van der Waals surface area contributed by atoms with E-state index in [9.17, 15) is 5.11 Å².